The fourth-order valence-corrected chi connectivity index (χ4v) is 3.66. The van der Waals surface area contributed by atoms with Crippen LogP contribution in [0.15, 0.2) is 65.1 Å². The Balaban J connectivity index is 1.91. The van der Waals surface area contributed by atoms with E-state index in [9.17, 15) is 9.90 Å². The van der Waals surface area contributed by atoms with Crippen molar-refractivity contribution < 1.29 is 14.6 Å². The number of thioether (sulfide) groups is 1. The summed E-state index contributed by atoms with van der Waals surface area (Å²) in [5.74, 6) is 0.806. The van der Waals surface area contributed by atoms with E-state index in [0.717, 1.165) is 37.9 Å². The smallest absolute Gasteiger partial charge is 0.198 e. The predicted molar refractivity (Wildman–Crippen MR) is 114 cm³/mol. The highest BCUT2D eigenvalue weighted by atomic mass is 32.2. The maximum atomic E-state index is 12.6. The lowest BCUT2D eigenvalue weighted by Gasteiger charge is -2.22. The molecule has 0 spiro atoms. The Morgan fingerprint density at radius 2 is 1.96 bits per heavy atom. The molecule has 27 heavy (non-hydrogen) atoms. The van der Waals surface area contributed by atoms with Gasteiger partial charge in [-0.3, -0.25) is 4.79 Å². The minimum absolute atomic E-state index is 0.0503. The van der Waals surface area contributed by atoms with Gasteiger partial charge >= 0.3 is 0 Å². The van der Waals surface area contributed by atoms with Crippen molar-refractivity contribution >= 4 is 17.5 Å². The first-order chi connectivity index (χ1) is 13.1. The predicted octanol–water partition coefficient (Wildman–Crippen LogP) is 5.47. The molecule has 0 saturated heterocycles. The number of unbranched alkanes of at least 4 members (excludes halogenated alkanes) is 3. The second-order valence-corrected chi connectivity index (χ2v) is 7.58. The number of ether oxygens (including phenoxy) is 1. The van der Waals surface area contributed by atoms with Crippen LogP contribution in [0.5, 0.6) is 5.75 Å². The molecule has 1 aromatic carbocycles. The highest BCUT2D eigenvalue weighted by molar-refractivity contribution is 8.03. The summed E-state index contributed by atoms with van der Waals surface area (Å²) in [4.78, 5) is 13.2. The minimum Gasteiger partial charge on any atom is -0.494 e. The first-order valence-corrected chi connectivity index (χ1v) is 10.9. The van der Waals surface area contributed by atoms with Crippen molar-refractivity contribution in [1.29, 1.82) is 0 Å². The van der Waals surface area contributed by atoms with Crippen LogP contribution in [0.25, 0.3) is 0 Å². The van der Waals surface area contributed by atoms with Crippen LogP contribution in [0.4, 0.5) is 0 Å². The summed E-state index contributed by atoms with van der Waals surface area (Å²) >= 11 is 1.40. The van der Waals surface area contributed by atoms with E-state index in [1.807, 2.05) is 42.7 Å². The normalized spacial score (nSPS) is 21.2. The number of Topliss-reactive ketones (excluding diaryl/α,β-unsaturated/α-hetero) is 1. The first kappa shape index (κ1) is 21.5. The lowest BCUT2D eigenvalue weighted by molar-refractivity contribution is -0.112. The van der Waals surface area contributed by atoms with Crippen LogP contribution in [-0.2, 0) is 4.79 Å². The molecule has 1 N–H and O–H groups in total. The maximum absolute atomic E-state index is 12.6. The van der Waals surface area contributed by atoms with Crippen LogP contribution in [0.3, 0.4) is 0 Å². The Bertz CT molecular complexity index is 691. The number of allylic oxidation sites excluding steroid dienone is 4. The molecule has 2 rings (SSSR count). The molecule has 0 radical (unpaired) electrons. The quantitative estimate of drug-likeness (QED) is 0.405. The molecule has 1 aliphatic carbocycles. The topological polar surface area (TPSA) is 46.5 Å². The van der Waals surface area contributed by atoms with Gasteiger partial charge in [0.25, 0.3) is 0 Å². The number of carbonyl (C=O) groups is 1. The summed E-state index contributed by atoms with van der Waals surface area (Å²) in [5, 5.41) is 11.1. The van der Waals surface area contributed by atoms with E-state index in [4.69, 9.17) is 4.74 Å². The average molecular weight is 387 g/mol. The first-order valence-electron chi connectivity index (χ1n) is 9.70. The van der Waals surface area contributed by atoms with Crippen LogP contribution >= 0.6 is 11.8 Å². The van der Waals surface area contributed by atoms with Gasteiger partial charge in [0.1, 0.15) is 11.4 Å². The average Bonchev–Trinajstić information content (AvgIpc) is 2.92. The molecule has 1 aromatic rings. The Morgan fingerprint density at radius 3 is 2.67 bits per heavy atom. The Labute approximate surface area is 167 Å². The van der Waals surface area contributed by atoms with Gasteiger partial charge in [0, 0.05) is 5.57 Å². The fraction of sp³-hybridized carbons (Fsp3) is 0.435. The van der Waals surface area contributed by atoms with Crippen LogP contribution in [0.1, 0.15) is 45.4 Å². The van der Waals surface area contributed by atoms with E-state index in [2.05, 4.69) is 13.0 Å². The van der Waals surface area contributed by atoms with Crippen LogP contribution in [0, 0.1) is 0 Å². The minimum atomic E-state index is -1.17. The Morgan fingerprint density at radius 1 is 1.19 bits per heavy atom. The number of ketones is 1. The van der Waals surface area contributed by atoms with Gasteiger partial charge < -0.3 is 9.84 Å². The van der Waals surface area contributed by atoms with E-state index in [0.29, 0.717) is 23.5 Å². The van der Waals surface area contributed by atoms with Crippen molar-refractivity contribution in [1.82, 2.24) is 0 Å². The summed E-state index contributed by atoms with van der Waals surface area (Å²) in [7, 11) is 0. The number of rotatable bonds is 11. The molecule has 4 heteroatoms. The van der Waals surface area contributed by atoms with Crippen LogP contribution in [0.2, 0.25) is 0 Å². The van der Waals surface area contributed by atoms with Crippen LogP contribution in [-0.4, -0.2) is 29.4 Å². The molecule has 146 valence electrons. The third-order valence-electron chi connectivity index (χ3n) is 4.61. The van der Waals surface area contributed by atoms with Gasteiger partial charge in [-0.1, -0.05) is 56.2 Å². The second kappa shape index (κ2) is 11.2. The van der Waals surface area contributed by atoms with Gasteiger partial charge in [-0.25, -0.2) is 0 Å². The molecule has 0 heterocycles. The highest BCUT2D eigenvalue weighted by Crippen LogP contribution is 2.38. The number of hydrogen-bond acceptors (Lipinski definition) is 4. The highest BCUT2D eigenvalue weighted by Gasteiger charge is 2.40. The summed E-state index contributed by atoms with van der Waals surface area (Å²) in [6.07, 6.45) is 14.8. The number of aliphatic hydroxyl groups is 1. The maximum Gasteiger partial charge on any atom is 0.198 e. The molecular formula is C23H30O3S. The zero-order chi connectivity index (χ0) is 19.5. The summed E-state index contributed by atoms with van der Waals surface area (Å²) in [6, 6.07) is 9.72. The van der Waals surface area contributed by atoms with Crippen molar-refractivity contribution in [3.8, 4) is 5.75 Å². The number of para-hydroxylation sites is 1. The van der Waals surface area contributed by atoms with Crippen molar-refractivity contribution in [3.63, 3.8) is 0 Å². The summed E-state index contributed by atoms with van der Waals surface area (Å²) < 4.78 is 5.70. The van der Waals surface area contributed by atoms with E-state index in [1.54, 1.807) is 12.2 Å². The lowest BCUT2D eigenvalue weighted by Crippen LogP contribution is -2.28. The molecule has 0 aromatic heterocycles. The molecule has 0 fully saturated rings. The van der Waals surface area contributed by atoms with Crippen molar-refractivity contribution in [3.05, 3.63) is 65.1 Å². The Hall–Kier alpha value is -1.78. The summed E-state index contributed by atoms with van der Waals surface area (Å²) in [6.45, 7) is 2.75. The van der Waals surface area contributed by atoms with E-state index in [-0.39, 0.29) is 5.78 Å². The van der Waals surface area contributed by atoms with E-state index < -0.39 is 5.60 Å². The lowest BCUT2D eigenvalue weighted by atomic mass is 9.90. The van der Waals surface area contributed by atoms with Crippen LogP contribution < -0.4 is 4.74 Å². The van der Waals surface area contributed by atoms with Gasteiger partial charge in [-0.2, -0.15) is 0 Å². The van der Waals surface area contributed by atoms with Gasteiger partial charge in [0.05, 0.1) is 11.5 Å². The largest absolute Gasteiger partial charge is 0.494 e. The zero-order valence-corrected chi connectivity index (χ0v) is 17.1. The third-order valence-corrected chi connectivity index (χ3v) is 5.36. The van der Waals surface area contributed by atoms with Crippen molar-refractivity contribution in [2.45, 2.75) is 51.0 Å². The molecule has 0 saturated carbocycles. The Kier molecular flexibility index (Phi) is 8.89. The van der Waals surface area contributed by atoms with E-state index in [1.165, 1.54) is 11.8 Å². The van der Waals surface area contributed by atoms with Gasteiger partial charge in [0.15, 0.2) is 5.78 Å². The molecule has 0 amide bonds. The van der Waals surface area contributed by atoms with Gasteiger partial charge in [-0.05, 0) is 50.1 Å². The molecule has 3 nitrogen and oxygen atoms in total. The van der Waals surface area contributed by atoms with Crippen molar-refractivity contribution in [2.75, 3.05) is 12.9 Å². The number of benzene rings is 1. The monoisotopic (exact) mass is 386 g/mol. The molecular weight excluding hydrogens is 356 g/mol. The molecule has 0 bridgehead atoms. The standard InChI is InChI=1S/C23H30O3S/c1-3-4-5-6-10-15-20-22(24)21(27-2)18-23(20,25)16-11-12-17-26-19-13-8-7-9-14-19/h6-10,13-15,18,25H,3-5,11-12,16-17H2,1-2H3/b10-6+,20-15-. The molecule has 1 atom stereocenters. The number of hydrogen-bond donors (Lipinski definition) is 1. The summed E-state index contributed by atoms with van der Waals surface area (Å²) in [5.41, 5.74) is -0.680. The van der Waals surface area contributed by atoms with Gasteiger partial charge in [0.2, 0.25) is 0 Å². The molecule has 1 unspecified atom stereocenters. The fourth-order valence-electron chi connectivity index (χ4n) is 3.05. The molecule has 1 aliphatic rings. The van der Waals surface area contributed by atoms with Gasteiger partial charge in [-0.15, -0.1) is 11.8 Å². The third kappa shape index (κ3) is 6.40. The second-order valence-electron chi connectivity index (χ2n) is 6.74. The SMILES string of the molecule is CCCC/C=C/C=C1/C(=O)C(SC)=CC1(O)CCCCOc1ccccc1. The van der Waals surface area contributed by atoms with Crippen molar-refractivity contribution in [2.24, 2.45) is 0 Å². The number of carbonyl (C=O) groups excluding carboxylic acids is 1. The van der Waals surface area contributed by atoms with E-state index >= 15 is 0 Å². The molecule has 0 aliphatic heterocycles. The zero-order valence-electron chi connectivity index (χ0n) is 16.3.